The highest BCUT2D eigenvalue weighted by atomic mass is 16.7. The number of carbonyl (C=O) groups excluding carboxylic acids is 2. The van der Waals surface area contributed by atoms with Crippen LogP contribution in [0.4, 0.5) is 0 Å². The molecule has 51 heavy (non-hydrogen) atoms. The van der Waals surface area contributed by atoms with Crippen molar-refractivity contribution in [3.63, 3.8) is 0 Å². The van der Waals surface area contributed by atoms with Crippen LogP contribution in [-0.2, 0) is 28.5 Å². The molecule has 2 saturated heterocycles. The molecule has 0 bridgehead atoms. The molecule has 0 aliphatic carbocycles. The molecule has 0 radical (unpaired) electrons. The molecule has 12 N–H and O–H groups in total. The lowest BCUT2D eigenvalue weighted by molar-refractivity contribution is -0.299. The molecule has 21 heteroatoms. The maximum Gasteiger partial charge on any atom is 0.361 e. The first-order valence-corrected chi connectivity index (χ1v) is 14.8. The van der Waals surface area contributed by atoms with Gasteiger partial charge in [0.05, 0.1) is 13.2 Å². The molecule has 0 amide bonds. The number of aliphatic hydroxyl groups excluding tert-OH is 8. The lowest BCUT2D eigenvalue weighted by Crippen LogP contribution is -2.61. The van der Waals surface area contributed by atoms with Crippen LogP contribution in [0.3, 0.4) is 0 Å². The first-order chi connectivity index (χ1) is 24.1. The van der Waals surface area contributed by atoms with Gasteiger partial charge < -0.3 is 89.4 Å². The Morgan fingerprint density at radius 3 is 1.71 bits per heavy atom. The fourth-order valence-corrected chi connectivity index (χ4v) is 5.22. The van der Waals surface area contributed by atoms with E-state index in [0.29, 0.717) is 0 Å². The first-order valence-electron chi connectivity index (χ1n) is 14.8. The lowest BCUT2D eigenvalue weighted by Gasteiger charge is -2.40. The number of aliphatic hydroxyl groups is 8. The Morgan fingerprint density at radius 1 is 0.686 bits per heavy atom. The van der Waals surface area contributed by atoms with Crippen molar-refractivity contribution in [2.45, 2.75) is 67.5 Å². The molecule has 1 aromatic heterocycles. The molecule has 0 saturated carbocycles. The molecule has 3 heterocycles. The summed E-state index contributed by atoms with van der Waals surface area (Å²) in [5.74, 6) is -8.45. The normalized spacial score (nSPS) is 30.0. The Labute approximate surface area is 283 Å². The highest BCUT2D eigenvalue weighted by molar-refractivity contribution is 5.99. The van der Waals surface area contributed by atoms with Crippen LogP contribution in [0.1, 0.15) is 0 Å². The van der Waals surface area contributed by atoms with Crippen LogP contribution in [-0.4, -0.2) is 154 Å². The van der Waals surface area contributed by atoms with E-state index >= 15 is 0 Å². The SMILES string of the molecule is O=C(OC1O[C@H](CO)[C@@H](O)[C@H](O)[C@H]1O)C(Oc1c(-c2ccc(O)c(O)c2)oc2cc(O)cc(O)c2c1=O)C(=O)OC1O[C@H](CO)[C@@H](O)[C@H](O)[C@H]1O. The first kappa shape index (κ1) is 37.4. The molecular formula is C30H32O21. The number of benzene rings is 2. The molecule has 0 spiro atoms. The zero-order chi connectivity index (χ0) is 37.5. The predicted octanol–water partition coefficient (Wildman–Crippen LogP) is -4.28. The van der Waals surface area contributed by atoms with E-state index in [1.165, 1.54) is 0 Å². The van der Waals surface area contributed by atoms with E-state index in [2.05, 4.69) is 0 Å². The van der Waals surface area contributed by atoms with Gasteiger partial charge in [0.25, 0.3) is 6.10 Å². The molecule has 2 aliphatic rings. The van der Waals surface area contributed by atoms with E-state index in [-0.39, 0.29) is 5.56 Å². The van der Waals surface area contributed by atoms with Gasteiger partial charge in [0.2, 0.25) is 23.8 Å². The van der Waals surface area contributed by atoms with Gasteiger partial charge in [-0.3, -0.25) is 4.79 Å². The summed E-state index contributed by atoms with van der Waals surface area (Å²) >= 11 is 0. The van der Waals surface area contributed by atoms with Crippen LogP contribution in [0.25, 0.3) is 22.3 Å². The molecular weight excluding hydrogens is 696 g/mol. The molecule has 2 aromatic carbocycles. The molecule has 21 nitrogen and oxygen atoms in total. The number of phenols is 4. The van der Waals surface area contributed by atoms with E-state index in [9.17, 15) is 75.7 Å². The van der Waals surface area contributed by atoms with E-state index in [4.69, 9.17) is 28.1 Å². The van der Waals surface area contributed by atoms with Crippen LogP contribution < -0.4 is 10.2 Å². The maximum absolute atomic E-state index is 13.8. The fourth-order valence-electron chi connectivity index (χ4n) is 5.22. The summed E-state index contributed by atoms with van der Waals surface area (Å²) in [4.78, 5) is 41.1. The highest BCUT2D eigenvalue weighted by Crippen LogP contribution is 2.39. The summed E-state index contributed by atoms with van der Waals surface area (Å²) in [7, 11) is 0. The summed E-state index contributed by atoms with van der Waals surface area (Å²) < 4.78 is 31.5. The number of fused-ring (bicyclic) bond motifs is 1. The number of ether oxygens (including phenoxy) is 5. The zero-order valence-electron chi connectivity index (χ0n) is 25.7. The van der Waals surface area contributed by atoms with Crippen molar-refractivity contribution in [3.8, 4) is 40.1 Å². The van der Waals surface area contributed by atoms with Crippen LogP contribution in [0.15, 0.2) is 39.5 Å². The second kappa shape index (κ2) is 14.8. The molecule has 2 unspecified atom stereocenters. The maximum atomic E-state index is 13.8. The predicted molar refractivity (Wildman–Crippen MR) is 159 cm³/mol. The lowest BCUT2D eigenvalue weighted by atomic mass is 9.99. The Balaban J connectivity index is 1.61. The van der Waals surface area contributed by atoms with Crippen molar-refractivity contribution in [1.82, 2.24) is 0 Å². The Bertz CT molecular complexity index is 1770. The smallest absolute Gasteiger partial charge is 0.361 e. The fraction of sp³-hybridized carbons (Fsp3) is 0.433. The zero-order valence-corrected chi connectivity index (χ0v) is 25.7. The third kappa shape index (κ3) is 7.20. The average molecular weight is 729 g/mol. The van der Waals surface area contributed by atoms with Gasteiger partial charge >= 0.3 is 11.9 Å². The number of carbonyl (C=O) groups is 2. The number of aromatic hydroxyl groups is 4. The quantitative estimate of drug-likeness (QED) is 0.0563. The van der Waals surface area contributed by atoms with Crippen LogP contribution in [0.2, 0.25) is 0 Å². The van der Waals surface area contributed by atoms with Gasteiger partial charge in [0.15, 0.2) is 17.3 Å². The number of rotatable bonds is 9. The number of phenolic OH excluding ortho intramolecular Hbond substituents is 4. The highest BCUT2D eigenvalue weighted by Gasteiger charge is 2.49. The summed E-state index contributed by atoms with van der Waals surface area (Å²) in [6.07, 6.45) is -22.9. The second-order valence-corrected chi connectivity index (χ2v) is 11.4. The molecule has 2 aliphatic heterocycles. The average Bonchev–Trinajstić information content (AvgIpc) is 3.08. The Morgan fingerprint density at radius 2 is 1.22 bits per heavy atom. The Hall–Kier alpha value is -4.81. The number of esters is 2. The number of hydrogen-bond acceptors (Lipinski definition) is 21. The van der Waals surface area contributed by atoms with Gasteiger partial charge in [0, 0.05) is 17.7 Å². The molecule has 5 rings (SSSR count). The molecule has 278 valence electrons. The van der Waals surface area contributed by atoms with Crippen molar-refractivity contribution in [3.05, 3.63) is 40.6 Å². The van der Waals surface area contributed by atoms with Crippen LogP contribution in [0.5, 0.6) is 28.7 Å². The summed E-state index contributed by atoms with van der Waals surface area (Å²) in [5.41, 5.74) is -2.09. The van der Waals surface area contributed by atoms with Gasteiger partial charge in [-0.2, -0.15) is 0 Å². The van der Waals surface area contributed by atoms with Gasteiger partial charge in [0.1, 0.15) is 71.3 Å². The summed E-state index contributed by atoms with van der Waals surface area (Å²) in [6.45, 7) is -1.92. The van der Waals surface area contributed by atoms with Gasteiger partial charge in [-0.05, 0) is 18.2 Å². The van der Waals surface area contributed by atoms with Crippen LogP contribution >= 0.6 is 0 Å². The van der Waals surface area contributed by atoms with Gasteiger partial charge in [-0.25, -0.2) is 9.59 Å². The minimum absolute atomic E-state index is 0.273. The van der Waals surface area contributed by atoms with Gasteiger partial charge in [-0.1, -0.05) is 0 Å². The molecule has 10 atom stereocenters. The minimum atomic E-state index is -2.85. The van der Waals surface area contributed by atoms with E-state index in [1.54, 1.807) is 0 Å². The second-order valence-electron chi connectivity index (χ2n) is 11.4. The minimum Gasteiger partial charge on any atom is -0.508 e. The van der Waals surface area contributed by atoms with E-state index < -0.39 is 144 Å². The van der Waals surface area contributed by atoms with Crippen LogP contribution in [0, 0.1) is 0 Å². The van der Waals surface area contributed by atoms with Gasteiger partial charge in [-0.15, -0.1) is 0 Å². The molecule has 3 aromatic rings. The summed E-state index contributed by atoms with van der Waals surface area (Å²) in [6, 6.07) is 4.48. The molecule has 2 fully saturated rings. The number of hydrogen-bond donors (Lipinski definition) is 12. The summed E-state index contributed by atoms with van der Waals surface area (Å²) in [5, 5.41) is 120. The monoisotopic (exact) mass is 728 g/mol. The van der Waals surface area contributed by atoms with E-state index in [0.717, 1.165) is 30.3 Å². The topological polar surface area (TPSA) is 353 Å². The van der Waals surface area contributed by atoms with E-state index in [1.807, 2.05) is 0 Å². The Kier molecular flexibility index (Phi) is 10.9. The van der Waals surface area contributed by atoms with Crippen molar-refractivity contribution in [2.75, 3.05) is 13.2 Å². The van der Waals surface area contributed by atoms with Crippen molar-refractivity contribution < 1.29 is 99.0 Å². The van der Waals surface area contributed by atoms with Crippen molar-refractivity contribution in [2.24, 2.45) is 0 Å². The third-order valence-electron chi connectivity index (χ3n) is 7.98. The van der Waals surface area contributed by atoms with Crippen molar-refractivity contribution in [1.29, 1.82) is 0 Å². The standard InChI is InChI=1S/C30H32O21/c31-6-14-17(37)20(40)22(42)29(47-14)50-27(44)26(28(45)51-30-23(43)21(41)18(38)15(7-32)48-30)49-25-19(39)16-12(36)4-9(33)5-13(16)46-24(25)8-1-2-10(34)11(35)3-8/h1-5,14-15,17-18,20-23,26,29-38,40-43H,6-7H2/t14-,15-,17-,18-,20+,21+,22-,23-,26?,29?,30?/m1/s1. The van der Waals surface area contributed by atoms with Crippen molar-refractivity contribution >= 4 is 22.9 Å². The third-order valence-corrected chi connectivity index (χ3v) is 7.98. The largest absolute Gasteiger partial charge is 0.508 e.